The van der Waals surface area contributed by atoms with Crippen LogP contribution in [0.3, 0.4) is 0 Å². The van der Waals surface area contributed by atoms with E-state index in [2.05, 4.69) is 18.8 Å². The summed E-state index contributed by atoms with van der Waals surface area (Å²) in [7, 11) is 1.78. The van der Waals surface area contributed by atoms with Crippen molar-refractivity contribution in [1.82, 2.24) is 9.88 Å². The molecule has 78 valence electrons. The molecule has 1 heterocycles. The van der Waals surface area contributed by atoms with Crippen molar-refractivity contribution in [2.45, 2.75) is 13.8 Å². The number of carbonyl (C=O) groups is 1. The van der Waals surface area contributed by atoms with Crippen LogP contribution in [-0.4, -0.2) is 29.4 Å². The number of thiazole rings is 1. The largest absolute Gasteiger partial charge is 0.375 e. The molecule has 0 spiro atoms. The van der Waals surface area contributed by atoms with Crippen molar-refractivity contribution in [3.05, 3.63) is 11.1 Å². The predicted octanol–water partition coefficient (Wildman–Crippen LogP) is 1.45. The number of rotatable bonds is 3. The molecule has 4 nitrogen and oxygen atoms in total. The van der Waals surface area contributed by atoms with Crippen LogP contribution in [0.4, 0.5) is 5.13 Å². The minimum atomic E-state index is -0.0633. The van der Waals surface area contributed by atoms with E-state index in [9.17, 15) is 4.79 Å². The molecule has 0 atom stereocenters. The van der Waals surface area contributed by atoms with Gasteiger partial charge in [0.15, 0.2) is 5.13 Å². The molecular formula is C9H15N3OS. The molecule has 0 unspecified atom stereocenters. The zero-order valence-electron chi connectivity index (χ0n) is 8.65. The van der Waals surface area contributed by atoms with Crippen LogP contribution in [0.5, 0.6) is 0 Å². The molecule has 2 N–H and O–H groups in total. The molecule has 0 fully saturated rings. The zero-order valence-corrected chi connectivity index (χ0v) is 9.47. The second kappa shape index (κ2) is 4.41. The van der Waals surface area contributed by atoms with Gasteiger partial charge >= 0.3 is 0 Å². The molecule has 1 aromatic heterocycles. The fraction of sp³-hybridized carbons (Fsp3) is 0.556. The maximum absolute atomic E-state index is 11.7. The highest BCUT2D eigenvalue weighted by atomic mass is 32.1. The van der Waals surface area contributed by atoms with Gasteiger partial charge in [0.05, 0.1) is 0 Å². The average Bonchev–Trinajstić information content (AvgIpc) is 2.49. The molecule has 5 heteroatoms. The fourth-order valence-corrected chi connectivity index (χ4v) is 1.75. The summed E-state index contributed by atoms with van der Waals surface area (Å²) in [6.45, 7) is 4.87. The molecule has 14 heavy (non-hydrogen) atoms. The second-order valence-electron chi connectivity index (χ2n) is 3.65. The van der Waals surface area contributed by atoms with Crippen molar-refractivity contribution in [2.75, 3.05) is 19.3 Å². The third-order valence-electron chi connectivity index (χ3n) is 1.73. The lowest BCUT2D eigenvalue weighted by molar-refractivity contribution is 0.0774. The Morgan fingerprint density at radius 1 is 1.71 bits per heavy atom. The van der Waals surface area contributed by atoms with Crippen molar-refractivity contribution in [1.29, 1.82) is 0 Å². The lowest BCUT2D eigenvalue weighted by Gasteiger charge is -2.17. The molecule has 0 aliphatic rings. The Labute approximate surface area is 87.7 Å². The van der Waals surface area contributed by atoms with E-state index in [0.29, 0.717) is 16.7 Å². The van der Waals surface area contributed by atoms with E-state index < -0.39 is 0 Å². The summed E-state index contributed by atoms with van der Waals surface area (Å²) in [4.78, 5) is 17.3. The number of nitrogens with two attached hydrogens (primary N) is 1. The molecule has 0 bridgehead atoms. The summed E-state index contributed by atoms with van der Waals surface area (Å²) in [6, 6.07) is 0. The van der Waals surface area contributed by atoms with Crippen LogP contribution in [0.25, 0.3) is 0 Å². The van der Waals surface area contributed by atoms with E-state index in [1.54, 1.807) is 17.3 Å². The summed E-state index contributed by atoms with van der Waals surface area (Å²) < 4.78 is 0. The van der Waals surface area contributed by atoms with E-state index >= 15 is 0 Å². The van der Waals surface area contributed by atoms with Gasteiger partial charge in [0.1, 0.15) is 5.69 Å². The number of hydrogen-bond acceptors (Lipinski definition) is 4. The SMILES string of the molecule is CC(C)CN(C)C(=O)c1csc(N)n1. The Hall–Kier alpha value is -1.10. The summed E-state index contributed by atoms with van der Waals surface area (Å²) in [6.07, 6.45) is 0. The van der Waals surface area contributed by atoms with Gasteiger partial charge in [-0.25, -0.2) is 4.98 Å². The number of amides is 1. The number of aromatic nitrogens is 1. The van der Waals surface area contributed by atoms with Gasteiger partial charge in [0, 0.05) is 19.0 Å². The summed E-state index contributed by atoms with van der Waals surface area (Å²) in [5, 5.41) is 2.13. The normalized spacial score (nSPS) is 10.6. The molecule has 0 saturated carbocycles. The minimum absolute atomic E-state index is 0.0633. The van der Waals surface area contributed by atoms with Gasteiger partial charge in [-0.15, -0.1) is 11.3 Å². The maximum Gasteiger partial charge on any atom is 0.273 e. The van der Waals surface area contributed by atoms with Gasteiger partial charge in [-0.2, -0.15) is 0 Å². The lowest BCUT2D eigenvalue weighted by atomic mass is 10.2. The van der Waals surface area contributed by atoms with Gasteiger partial charge in [0.25, 0.3) is 5.91 Å². The van der Waals surface area contributed by atoms with Crippen LogP contribution in [0, 0.1) is 5.92 Å². The molecule has 0 aromatic carbocycles. The van der Waals surface area contributed by atoms with Crippen molar-refractivity contribution in [3.8, 4) is 0 Å². The molecule has 1 aromatic rings. The Kier molecular flexibility index (Phi) is 3.46. The first-order valence-electron chi connectivity index (χ1n) is 4.47. The number of nitrogen functional groups attached to an aromatic ring is 1. The van der Waals surface area contributed by atoms with Crippen molar-refractivity contribution in [2.24, 2.45) is 5.92 Å². The Morgan fingerprint density at radius 3 is 2.79 bits per heavy atom. The van der Waals surface area contributed by atoms with Crippen molar-refractivity contribution < 1.29 is 4.79 Å². The number of carbonyl (C=O) groups excluding carboxylic acids is 1. The molecule has 1 amide bonds. The Balaban J connectivity index is 2.65. The van der Waals surface area contributed by atoms with Gasteiger partial charge in [-0.05, 0) is 5.92 Å². The predicted molar refractivity (Wildman–Crippen MR) is 58.3 cm³/mol. The molecule has 1 rings (SSSR count). The van der Waals surface area contributed by atoms with Crippen LogP contribution < -0.4 is 5.73 Å². The van der Waals surface area contributed by atoms with Crippen LogP contribution in [0.2, 0.25) is 0 Å². The number of hydrogen-bond donors (Lipinski definition) is 1. The molecule has 0 aliphatic carbocycles. The van der Waals surface area contributed by atoms with Crippen LogP contribution in [0.1, 0.15) is 24.3 Å². The third-order valence-corrected chi connectivity index (χ3v) is 2.40. The van der Waals surface area contributed by atoms with Gasteiger partial charge in [0.2, 0.25) is 0 Å². The van der Waals surface area contributed by atoms with Gasteiger partial charge in [-0.1, -0.05) is 13.8 Å². The third kappa shape index (κ3) is 2.70. The van der Waals surface area contributed by atoms with Crippen LogP contribution in [0.15, 0.2) is 5.38 Å². The quantitative estimate of drug-likeness (QED) is 0.826. The highest BCUT2D eigenvalue weighted by Gasteiger charge is 2.15. The lowest BCUT2D eigenvalue weighted by Crippen LogP contribution is -2.30. The van der Waals surface area contributed by atoms with Crippen molar-refractivity contribution >= 4 is 22.4 Å². The maximum atomic E-state index is 11.7. The first-order valence-corrected chi connectivity index (χ1v) is 5.35. The smallest absolute Gasteiger partial charge is 0.273 e. The minimum Gasteiger partial charge on any atom is -0.375 e. The number of anilines is 1. The van der Waals surface area contributed by atoms with E-state index in [4.69, 9.17) is 5.73 Å². The standard InChI is InChI=1S/C9H15N3OS/c1-6(2)4-12(3)8(13)7-5-14-9(10)11-7/h5-6H,4H2,1-3H3,(H2,10,11). The van der Waals surface area contributed by atoms with Crippen LogP contribution in [-0.2, 0) is 0 Å². The highest BCUT2D eigenvalue weighted by Crippen LogP contribution is 2.13. The summed E-state index contributed by atoms with van der Waals surface area (Å²) >= 11 is 1.29. The Morgan fingerprint density at radius 2 is 2.36 bits per heavy atom. The monoisotopic (exact) mass is 213 g/mol. The summed E-state index contributed by atoms with van der Waals surface area (Å²) in [5.41, 5.74) is 5.89. The first-order chi connectivity index (χ1) is 6.50. The second-order valence-corrected chi connectivity index (χ2v) is 4.54. The van der Waals surface area contributed by atoms with E-state index in [1.807, 2.05) is 0 Å². The topological polar surface area (TPSA) is 59.2 Å². The van der Waals surface area contributed by atoms with E-state index in [1.165, 1.54) is 11.3 Å². The fourth-order valence-electron chi connectivity index (χ4n) is 1.21. The Bertz CT molecular complexity index is 322. The van der Waals surface area contributed by atoms with Gasteiger partial charge < -0.3 is 10.6 Å². The number of nitrogens with zero attached hydrogens (tertiary/aromatic N) is 2. The van der Waals surface area contributed by atoms with E-state index in [-0.39, 0.29) is 5.91 Å². The molecular weight excluding hydrogens is 198 g/mol. The summed E-state index contributed by atoms with van der Waals surface area (Å²) in [5.74, 6) is 0.395. The van der Waals surface area contributed by atoms with Crippen LogP contribution >= 0.6 is 11.3 Å². The van der Waals surface area contributed by atoms with Gasteiger partial charge in [-0.3, -0.25) is 4.79 Å². The first kappa shape index (κ1) is 11.0. The molecule has 0 saturated heterocycles. The average molecular weight is 213 g/mol. The zero-order chi connectivity index (χ0) is 10.7. The molecule has 0 radical (unpaired) electrons. The highest BCUT2D eigenvalue weighted by molar-refractivity contribution is 7.13. The van der Waals surface area contributed by atoms with Crippen molar-refractivity contribution in [3.63, 3.8) is 0 Å². The van der Waals surface area contributed by atoms with E-state index in [0.717, 1.165) is 6.54 Å². The molecule has 0 aliphatic heterocycles.